The molecule has 1 aliphatic heterocycles. The standard InChI is InChI=1S/C22H33N5O3S/c1-3-23-22(24-12-13-26-31(28,29)19-10-8-18(2)9-11-19)25-17-20(21-7-6-16-30-21)27-14-4-5-15-27/h6-11,16,20,26H,3-5,12-15,17H2,1-2H3,(H2,23,24,25). The molecule has 1 saturated heterocycles. The van der Waals surface area contributed by atoms with Crippen LogP contribution in [0.1, 0.15) is 37.1 Å². The van der Waals surface area contributed by atoms with Crippen molar-refractivity contribution in [1.82, 2.24) is 20.3 Å². The number of benzene rings is 1. The molecule has 31 heavy (non-hydrogen) atoms. The monoisotopic (exact) mass is 447 g/mol. The molecule has 8 nitrogen and oxygen atoms in total. The van der Waals surface area contributed by atoms with E-state index in [0.29, 0.717) is 19.0 Å². The molecule has 170 valence electrons. The van der Waals surface area contributed by atoms with E-state index in [2.05, 4.69) is 20.3 Å². The highest BCUT2D eigenvalue weighted by atomic mass is 32.2. The van der Waals surface area contributed by atoms with Gasteiger partial charge in [-0.15, -0.1) is 0 Å². The Morgan fingerprint density at radius 1 is 1.13 bits per heavy atom. The predicted octanol–water partition coefficient (Wildman–Crippen LogP) is 2.26. The number of hydrogen-bond donors (Lipinski definition) is 3. The van der Waals surface area contributed by atoms with Gasteiger partial charge < -0.3 is 15.1 Å². The minimum absolute atomic E-state index is 0.105. The van der Waals surface area contributed by atoms with Crippen molar-refractivity contribution in [2.45, 2.75) is 37.6 Å². The van der Waals surface area contributed by atoms with Gasteiger partial charge in [-0.2, -0.15) is 0 Å². The number of hydrogen-bond acceptors (Lipinski definition) is 5. The smallest absolute Gasteiger partial charge is 0.240 e. The zero-order valence-electron chi connectivity index (χ0n) is 18.3. The van der Waals surface area contributed by atoms with Crippen LogP contribution in [0.4, 0.5) is 0 Å². The van der Waals surface area contributed by atoms with Gasteiger partial charge >= 0.3 is 0 Å². The number of nitrogens with one attached hydrogen (secondary N) is 3. The molecule has 2 aromatic rings. The molecule has 0 spiro atoms. The summed E-state index contributed by atoms with van der Waals surface area (Å²) >= 11 is 0. The molecular weight excluding hydrogens is 414 g/mol. The van der Waals surface area contributed by atoms with Crippen LogP contribution in [0.2, 0.25) is 0 Å². The molecule has 1 fully saturated rings. The molecule has 1 unspecified atom stereocenters. The van der Waals surface area contributed by atoms with Gasteiger partial charge in [0.25, 0.3) is 0 Å². The Kier molecular flexibility index (Phi) is 8.51. The largest absolute Gasteiger partial charge is 0.468 e. The number of likely N-dealkylation sites (tertiary alicyclic amines) is 1. The molecule has 1 aliphatic rings. The van der Waals surface area contributed by atoms with Crippen molar-refractivity contribution in [3.8, 4) is 0 Å². The van der Waals surface area contributed by atoms with Gasteiger partial charge in [-0.3, -0.25) is 9.89 Å². The van der Waals surface area contributed by atoms with Crippen molar-refractivity contribution in [2.24, 2.45) is 4.99 Å². The highest BCUT2D eigenvalue weighted by Crippen LogP contribution is 2.25. The van der Waals surface area contributed by atoms with Crippen LogP contribution in [0.3, 0.4) is 0 Å². The Balaban J connectivity index is 1.55. The van der Waals surface area contributed by atoms with Crippen LogP contribution in [-0.4, -0.2) is 58.5 Å². The molecule has 0 saturated carbocycles. The predicted molar refractivity (Wildman–Crippen MR) is 123 cm³/mol. The fraction of sp³-hybridized carbons (Fsp3) is 0.500. The summed E-state index contributed by atoms with van der Waals surface area (Å²) in [5.74, 6) is 1.58. The third-order valence-electron chi connectivity index (χ3n) is 5.26. The molecule has 3 N–H and O–H groups in total. The Hall–Kier alpha value is -2.36. The van der Waals surface area contributed by atoms with E-state index in [9.17, 15) is 8.42 Å². The van der Waals surface area contributed by atoms with Crippen molar-refractivity contribution in [2.75, 3.05) is 39.3 Å². The van der Waals surface area contributed by atoms with Gasteiger partial charge in [-0.1, -0.05) is 17.7 Å². The van der Waals surface area contributed by atoms with Gasteiger partial charge in [0.15, 0.2) is 5.96 Å². The first-order valence-electron chi connectivity index (χ1n) is 10.9. The minimum atomic E-state index is -3.52. The van der Waals surface area contributed by atoms with Crippen molar-refractivity contribution in [3.63, 3.8) is 0 Å². The zero-order chi connectivity index (χ0) is 22.1. The molecule has 0 radical (unpaired) electrons. The van der Waals surface area contributed by atoms with Crippen LogP contribution in [0.5, 0.6) is 0 Å². The Morgan fingerprint density at radius 3 is 2.52 bits per heavy atom. The lowest BCUT2D eigenvalue weighted by molar-refractivity contribution is 0.221. The summed E-state index contributed by atoms with van der Waals surface area (Å²) in [4.78, 5) is 7.41. The highest BCUT2D eigenvalue weighted by Gasteiger charge is 2.25. The van der Waals surface area contributed by atoms with Crippen molar-refractivity contribution in [1.29, 1.82) is 0 Å². The van der Waals surface area contributed by atoms with Crippen LogP contribution in [0.25, 0.3) is 0 Å². The highest BCUT2D eigenvalue weighted by molar-refractivity contribution is 7.89. The minimum Gasteiger partial charge on any atom is -0.468 e. The maximum Gasteiger partial charge on any atom is 0.240 e. The number of aryl methyl sites for hydroxylation is 1. The topological polar surface area (TPSA) is 99.0 Å². The molecule has 0 bridgehead atoms. The van der Waals surface area contributed by atoms with Crippen molar-refractivity contribution < 1.29 is 12.8 Å². The normalized spacial score (nSPS) is 16.4. The molecule has 9 heteroatoms. The average molecular weight is 448 g/mol. The number of aliphatic imine (C=N–C) groups is 1. The molecule has 2 heterocycles. The van der Waals surface area contributed by atoms with E-state index >= 15 is 0 Å². The average Bonchev–Trinajstić information content (AvgIpc) is 3.46. The summed E-state index contributed by atoms with van der Waals surface area (Å²) in [6.45, 7) is 7.99. The summed E-state index contributed by atoms with van der Waals surface area (Å²) in [7, 11) is -3.52. The fourth-order valence-corrected chi connectivity index (χ4v) is 4.64. The summed E-state index contributed by atoms with van der Waals surface area (Å²) in [5, 5.41) is 6.43. The second-order valence-corrected chi connectivity index (χ2v) is 9.40. The number of furan rings is 1. The summed E-state index contributed by atoms with van der Waals surface area (Å²) in [6, 6.07) is 10.8. The molecule has 0 amide bonds. The second-order valence-electron chi connectivity index (χ2n) is 7.63. The summed E-state index contributed by atoms with van der Waals surface area (Å²) < 4.78 is 33.1. The molecule has 1 atom stereocenters. The molecule has 1 aromatic carbocycles. The van der Waals surface area contributed by atoms with Gasteiger partial charge in [-0.25, -0.2) is 13.1 Å². The van der Waals surface area contributed by atoms with E-state index in [-0.39, 0.29) is 17.5 Å². The molecular formula is C22H33N5O3S. The Labute approximate surface area is 185 Å². The molecule has 1 aromatic heterocycles. The maximum absolute atomic E-state index is 12.4. The summed E-state index contributed by atoms with van der Waals surface area (Å²) in [6.07, 6.45) is 4.09. The number of sulfonamides is 1. The SMILES string of the molecule is CCNC(=NCC(c1ccco1)N1CCCC1)NCCNS(=O)(=O)c1ccc(C)cc1. The fourth-order valence-electron chi connectivity index (χ4n) is 3.61. The first-order chi connectivity index (χ1) is 15.0. The van der Waals surface area contributed by atoms with Crippen LogP contribution in [0, 0.1) is 6.92 Å². The third-order valence-corrected chi connectivity index (χ3v) is 6.74. The van der Waals surface area contributed by atoms with Gasteiger partial charge in [0.05, 0.1) is 23.7 Å². The van der Waals surface area contributed by atoms with Gasteiger partial charge in [0, 0.05) is 19.6 Å². The lowest BCUT2D eigenvalue weighted by atomic mass is 10.2. The van der Waals surface area contributed by atoms with E-state index < -0.39 is 10.0 Å². The van der Waals surface area contributed by atoms with E-state index in [0.717, 1.165) is 31.0 Å². The molecule has 0 aliphatic carbocycles. The number of guanidine groups is 1. The first-order valence-corrected chi connectivity index (χ1v) is 12.3. The molecule has 3 rings (SSSR count). The van der Waals surface area contributed by atoms with Crippen LogP contribution >= 0.6 is 0 Å². The van der Waals surface area contributed by atoms with Crippen LogP contribution in [-0.2, 0) is 10.0 Å². The van der Waals surface area contributed by atoms with Crippen molar-refractivity contribution in [3.05, 3.63) is 54.0 Å². The van der Waals surface area contributed by atoms with Crippen LogP contribution < -0.4 is 15.4 Å². The van der Waals surface area contributed by atoms with Gasteiger partial charge in [0.2, 0.25) is 10.0 Å². The lowest BCUT2D eigenvalue weighted by Crippen LogP contribution is -2.42. The maximum atomic E-state index is 12.4. The van der Waals surface area contributed by atoms with Gasteiger partial charge in [-0.05, 0) is 64.0 Å². The zero-order valence-corrected chi connectivity index (χ0v) is 19.1. The van der Waals surface area contributed by atoms with Crippen molar-refractivity contribution >= 4 is 16.0 Å². The van der Waals surface area contributed by atoms with E-state index in [4.69, 9.17) is 9.41 Å². The second kappa shape index (κ2) is 11.3. The Morgan fingerprint density at radius 2 is 1.87 bits per heavy atom. The third kappa shape index (κ3) is 6.81. The van der Waals surface area contributed by atoms with E-state index in [1.165, 1.54) is 12.8 Å². The van der Waals surface area contributed by atoms with Gasteiger partial charge in [0.1, 0.15) is 5.76 Å². The lowest BCUT2D eigenvalue weighted by Gasteiger charge is -2.24. The van der Waals surface area contributed by atoms with E-state index in [1.54, 1.807) is 30.5 Å². The van der Waals surface area contributed by atoms with Crippen LogP contribution in [0.15, 0.2) is 57.0 Å². The Bertz CT molecular complexity index is 921. The van der Waals surface area contributed by atoms with E-state index in [1.807, 2.05) is 26.0 Å². The first kappa shape index (κ1) is 23.3. The number of nitrogens with zero attached hydrogens (tertiary/aromatic N) is 2. The number of rotatable bonds is 10. The quantitative estimate of drug-likeness (QED) is 0.294. The summed E-state index contributed by atoms with van der Waals surface area (Å²) in [5.41, 5.74) is 1.02.